The van der Waals surface area contributed by atoms with Gasteiger partial charge < -0.3 is 24.3 Å². The summed E-state index contributed by atoms with van der Waals surface area (Å²) in [5.74, 6) is -1.53. The van der Waals surface area contributed by atoms with Crippen LogP contribution in [-0.4, -0.2) is 45.1 Å². The number of hydrogen-bond acceptors (Lipinski definition) is 6. The van der Waals surface area contributed by atoms with Gasteiger partial charge in [0, 0.05) is 43.0 Å². The fourth-order valence-corrected chi connectivity index (χ4v) is 4.23. The average Bonchev–Trinajstić information content (AvgIpc) is 3.00. The van der Waals surface area contributed by atoms with Crippen LogP contribution >= 0.6 is 0 Å². The quantitative estimate of drug-likeness (QED) is 0.564. The van der Waals surface area contributed by atoms with Crippen LogP contribution < -0.4 is 10.5 Å². The van der Waals surface area contributed by atoms with Gasteiger partial charge in [-0.05, 0) is 31.7 Å². The number of nitrogens with zero attached hydrogens (tertiary/aromatic N) is 3. The Labute approximate surface area is 167 Å². The summed E-state index contributed by atoms with van der Waals surface area (Å²) < 4.78 is 21.9. The van der Waals surface area contributed by atoms with Crippen LogP contribution in [-0.2, 0) is 35.5 Å². The van der Waals surface area contributed by atoms with E-state index in [-0.39, 0.29) is 30.0 Å². The van der Waals surface area contributed by atoms with Gasteiger partial charge in [-0.15, -0.1) is 0 Å². The van der Waals surface area contributed by atoms with Crippen molar-refractivity contribution in [1.29, 1.82) is 0 Å². The van der Waals surface area contributed by atoms with E-state index in [1.54, 1.807) is 4.57 Å². The van der Waals surface area contributed by atoms with E-state index in [0.29, 0.717) is 24.2 Å². The molecule has 4 rings (SSSR count). The Morgan fingerprint density at radius 1 is 1.31 bits per heavy atom. The van der Waals surface area contributed by atoms with Gasteiger partial charge in [0.2, 0.25) is 0 Å². The van der Waals surface area contributed by atoms with Crippen molar-refractivity contribution < 1.29 is 28.8 Å². The van der Waals surface area contributed by atoms with Crippen molar-refractivity contribution in [1.82, 2.24) is 9.55 Å². The molecule has 0 fully saturated rings. The highest BCUT2D eigenvalue weighted by atomic mass is 19.1. The molecule has 0 spiro atoms. The number of hydrogen-bond donors (Lipinski definition) is 2. The topological polar surface area (TPSA) is 105 Å². The first-order valence-corrected chi connectivity index (χ1v) is 9.59. The molecule has 2 aromatic heterocycles. The van der Waals surface area contributed by atoms with Crippen molar-refractivity contribution >= 4 is 30.3 Å². The lowest BCUT2D eigenvalue weighted by atomic mass is 9.81. The molecule has 0 unspecified atom stereocenters. The summed E-state index contributed by atoms with van der Waals surface area (Å²) in [5.41, 5.74) is 1.97. The number of amides is 1. The standard InChI is InChI=1S/C19H21BFN3O5/c1-11(25)29-10-13-15(6-7-22-18(13)20(27)28)24-9-8-23-14-5-3-2-4-12(14)16(21)17(23)19(24)26/h6-7,27-28H,2-5,8-10H2,1H3. The molecule has 2 aromatic rings. The summed E-state index contributed by atoms with van der Waals surface area (Å²) in [6, 6.07) is 1.53. The zero-order chi connectivity index (χ0) is 20.7. The molecular formula is C19H21BFN3O5. The zero-order valence-electron chi connectivity index (χ0n) is 16.0. The van der Waals surface area contributed by atoms with Gasteiger partial charge in [0.15, 0.2) is 5.82 Å². The maximum absolute atomic E-state index is 15.1. The number of ether oxygens (including phenoxy) is 1. The molecule has 0 aromatic carbocycles. The molecule has 3 heterocycles. The SMILES string of the molecule is CC(=O)OCc1c(N2CCn3c4c(c(F)c3C2=O)CCCC4)ccnc1B(O)O. The third-order valence-corrected chi connectivity index (χ3v) is 5.52. The highest BCUT2D eigenvalue weighted by Crippen LogP contribution is 2.33. The number of carbonyl (C=O) groups is 2. The smallest absolute Gasteiger partial charge is 0.461 e. The van der Waals surface area contributed by atoms with E-state index < -0.39 is 24.8 Å². The van der Waals surface area contributed by atoms with Crippen LogP contribution in [0.2, 0.25) is 0 Å². The van der Waals surface area contributed by atoms with E-state index in [4.69, 9.17) is 4.74 Å². The minimum absolute atomic E-state index is 0.0319. The third kappa shape index (κ3) is 3.32. The Balaban J connectivity index is 1.77. The van der Waals surface area contributed by atoms with Gasteiger partial charge in [0.25, 0.3) is 5.91 Å². The molecule has 152 valence electrons. The number of fused-ring (bicyclic) bond motifs is 3. The number of carbonyl (C=O) groups excluding carboxylic acids is 2. The Morgan fingerprint density at radius 3 is 2.79 bits per heavy atom. The number of anilines is 1. The van der Waals surface area contributed by atoms with Crippen molar-refractivity contribution in [3.8, 4) is 0 Å². The Morgan fingerprint density at radius 2 is 2.07 bits per heavy atom. The van der Waals surface area contributed by atoms with Gasteiger partial charge in [-0.1, -0.05) is 0 Å². The summed E-state index contributed by atoms with van der Waals surface area (Å²) in [6.07, 6.45) is 4.60. The van der Waals surface area contributed by atoms with E-state index in [2.05, 4.69) is 4.98 Å². The van der Waals surface area contributed by atoms with Crippen LogP contribution in [0.5, 0.6) is 0 Å². The van der Waals surface area contributed by atoms with Crippen LogP contribution in [0.25, 0.3) is 0 Å². The molecule has 2 aliphatic rings. The summed E-state index contributed by atoms with van der Waals surface area (Å²) in [5, 5.41) is 19.3. The number of halogens is 1. The number of pyridine rings is 1. The fraction of sp³-hybridized carbons (Fsp3) is 0.421. The van der Waals surface area contributed by atoms with Crippen LogP contribution in [0, 0.1) is 5.82 Å². The van der Waals surface area contributed by atoms with E-state index in [0.717, 1.165) is 25.0 Å². The molecule has 10 heteroatoms. The highest BCUT2D eigenvalue weighted by molar-refractivity contribution is 6.58. The third-order valence-electron chi connectivity index (χ3n) is 5.52. The molecule has 0 bridgehead atoms. The lowest BCUT2D eigenvalue weighted by Crippen LogP contribution is -2.44. The van der Waals surface area contributed by atoms with Crippen molar-refractivity contribution in [2.75, 3.05) is 11.4 Å². The Bertz CT molecular complexity index is 991. The monoisotopic (exact) mass is 401 g/mol. The predicted octanol–water partition coefficient (Wildman–Crippen LogP) is 0.304. The normalized spacial score (nSPS) is 15.7. The molecule has 0 atom stereocenters. The van der Waals surface area contributed by atoms with Gasteiger partial charge in [0.05, 0.1) is 11.3 Å². The first-order chi connectivity index (χ1) is 13.9. The Hall–Kier alpha value is -2.72. The second-order valence-corrected chi connectivity index (χ2v) is 7.25. The Kier molecular flexibility index (Phi) is 5.14. The van der Waals surface area contributed by atoms with E-state index in [9.17, 15) is 19.6 Å². The number of rotatable bonds is 4. The second-order valence-electron chi connectivity index (χ2n) is 7.25. The first-order valence-electron chi connectivity index (χ1n) is 9.59. The molecular weight excluding hydrogens is 380 g/mol. The highest BCUT2D eigenvalue weighted by Gasteiger charge is 2.36. The largest absolute Gasteiger partial charge is 0.508 e. The predicted molar refractivity (Wildman–Crippen MR) is 102 cm³/mol. The van der Waals surface area contributed by atoms with E-state index in [1.165, 1.54) is 24.1 Å². The molecule has 0 saturated heterocycles. The van der Waals surface area contributed by atoms with Crippen LogP contribution in [0.15, 0.2) is 12.3 Å². The molecule has 1 aliphatic carbocycles. The minimum atomic E-state index is -1.91. The van der Waals surface area contributed by atoms with Gasteiger partial charge in [0.1, 0.15) is 12.3 Å². The molecule has 29 heavy (non-hydrogen) atoms. The van der Waals surface area contributed by atoms with Gasteiger partial charge >= 0.3 is 13.1 Å². The molecule has 0 saturated carbocycles. The lowest BCUT2D eigenvalue weighted by Gasteiger charge is -2.31. The summed E-state index contributed by atoms with van der Waals surface area (Å²) >= 11 is 0. The zero-order valence-corrected chi connectivity index (χ0v) is 16.0. The van der Waals surface area contributed by atoms with E-state index in [1.807, 2.05) is 0 Å². The first kappa shape index (κ1) is 19.6. The van der Waals surface area contributed by atoms with Crippen LogP contribution in [0.3, 0.4) is 0 Å². The van der Waals surface area contributed by atoms with Crippen molar-refractivity contribution in [3.63, 3.8) is 0 Å². The summed E-state index contributed by atoms with van der Waals surface area (Å²) in [4.78, 5) is 29.8. The maximum atomic E-state index is 15.1. The maximum Gasteiger partial charge on any atom is 0.508 e. The van der Waals surface area contributed by atoms with Gasteiger partial charge in [-0.2, -0.15) is 0 Å². The average molecular weight is 401 g/mol. The molecule has 8 nitrogen and oxygen atoms in total. The molecule has 2 N–H and O–H groups in total. The van der Waals surface area contributed by atoms with Crippen molar-refractivity contribution in [3.05, 3.63) is 40.6 Å². The molecule has 1 amide bonds. The summed E-state index contributed by atoms with van der Waals surface area (Å²) in [6.45, 7) is 1.66. The van der Waals surface area contributed by atoms with Crippen LogP contribution in [0.1, 0.15) is 47.1 Å². The van der Waals surface area contributed by atoms with Crippen molar-refractivity contribution in [2.45, 2.75) is 45.8 Å². The fourth-order valence-electron chi connectivity index (χ4n) is 4.23. The van der Waals surface area contributed by atoms with Gasteiger partial charge in [-0.3, -0.25) is 14.6 Å². The number of aromatic nitrogens is 2. The van der Waals surface area contributed by atoms with Gasteiger partial charge in [-0.25, -0.2) is 4.39 Å². The summed E-state index contributed by atoms with van der Waals surface area (Å²) in [7, 11) is -1.91. The molecule has 1 aliphatic heterocycles. The van der Waals surface area contributed by atoms with Crippen molar-refractivity contribution in [2.24, 2.45) is 0 Å². The van der Waals surface area contributed by atoms with Crippen LogP contribution in [0.4, 0.5) is 10.1 Å². The lowest BCUT2D eigenvalue weighted by molar-refractivity contribution is -0.142. The second kappa shape index (κ2) is 7.60. The molecule has 0 radical (unpaired) electrons. The van der Waals surface area contributed by atoms with E-state index >= 15 is 4.39 Å². The minimum Gasteiger partial charge on any atom is -0.461 e. The number of esters is 1.